The van der Waals surface area contributed by atoms with Crippen molar-refractivity contribution in [1.82, 2.24) is 9.80 Å². The van der Waals surface area contributed by atoms with Gasteiger partial charge in [0.05, 0.1) is 5.92 Å². The van der Waals surface area contributed by atoms with E-state index >= 15 is 0 Å². The highest BCUT2D eigenvalue weighted by molar-refractivity contribution is 9.10. The molecule has 1 aromatic carbocycles. The third-order valence-corrected chi connectivity index (χ3v) is 5.79. The van der Waals surface area contributed by atoms with E-state index in [-0.39, 0.29) is 37.8 Å². The number of carbonyl (C=O) groups is 1. The fourth-order valence-electron chi connectivity index (χ4n) is 3.58. The number of nitrogens with zero attached hydrogens (tertiary/aromatic N) is 2. The van der Waals surface area contributed by atoms with Gasteiger partial charge in [-0.2, -0.15) is 0 Å². The van der Waals surface area contributed by atoms with Crippen molar-refractivity contribution < 1.29 is 13.6 Å². The molecule has 0 aliphatic carbocycles. The lowest BCUT2D eigenvalue weighted by Gasteiger charge is -2.37. The van der Waals surface area contributed by atoms with Crippen LogP contribution in [0.1, 0.15) is 31.2 Å². The second kappa shape index (κ2) is 7.48. The van der Waals surface area contributed by atoms with Crippen LogP contribution in [0.2, 0.25) is 0 Å². The van der Waals surface area contributed by atoms with E-state index in [1.807, 2.05) is 18.2 Å². The molecule has 1 unspecified atom stereocenters. The quantitative estimate of drug-likeness (QED) is 0.767. The monoisotopic (exact) mass is 400 g/mol. The summed E-state index contributed by atoms with van der Waals surface area (Å²) in [5.41, 5.74) is 1.21. The molecule has 3 nitrogen and oxygen atoms in total. The van der Waals surface area contributed by atoms with Crippen LogP contribution in [-0.2, 0) is 11.3 Å². The summed E-state index contributed by atoms with van der Waals surface area (Å²) >= 11 is 3.57. The predicted octanol–water partition coefficient (Wildman–Crippen LogP) is 3.92. The second-order valence-electron chi connectivity index (χ2n) is 6.85. The highest BCUT2D eigenvalue weighted by atomic mass is 79.9. The van der Waals surface area contributed by atoms with Gasteiger partial charge in [0.2, 0.25) is 5.91 Å². The van der Waals surface area contributed by atoms with Crippen LogP contribution in [0.4, 0.5) is 8.78 Å². The summed E-state index contributed by atoms with van der Waals surface area (Å²) in [4.78, 5) is 16.6. The van der Waals surface area contributed by atoms with Crippen LogP contribution in [0.5, 0.6) is 0 Å². The van der Waals surface area contributed by atoms with Crippen LogP contribution < -0.4 is 0 Å². The third kappa shape index (κ3) is 4.33. The van der Waals surface area contributed by atoms with Gasteiger partial charge in [0.25, 0.3) is 5.92 Å². The highest BCUT2D eigenvalue weighted by Gasteiger charge is 2.38. The SMILES string of the molecule is O=C(C1CCCN(Cc2ccccc2Br)C1)N1CCC(F)(F)CC1. The molecule has 2 aliphatic rings. The van der Waals surface area contributed by atoms with Gasteiger partial charge in [-0.1, -0.05) is 34.1 Å². The van der Waals surface area contributed by atoms with Crippen LogP contribution in [0.25, 0.3) is 0 Å². The molecule has 0 N–H and O–H groups in total. The van der Waals surface area contributed by atoms with Crippen molar-refractivity contribution in [3.63, 3.8) is 0 Å². The van der Waals surface area contributed by atoms with Crippen molar-refractivity contribution in [2.75, 3.05) is 26.2 Å². The van der Waals surface area contributed by atoms with Gasteiger partial charge in [0.15, 0.2) is 0 Å². The molecule has 3 rings (SSSR count). The first-order valence-electron chi connectivity index (χ1n) is 8.57. The number of carbonyl (C=O) groups excluding carboxylic acids is 1. The first-order chi connectivity index (χ1) is 11.4. The van der Waals surface area contributed by atoms with Crippen LogP contribution in [0.15, 0.2) is 28.7 Å². The molecule has 0 saturated carbocycles. The largest absolute Gasteiger partial charge is 0.342 e. The maximum Gasteiger partial charge on any atom is 0.251 e. The first kappa shape index (κ1) is 17.8. The molecule has 0 radical (unpaired) electrons. The van der Waals surface area contributed by atoms with Crippen molar-refractivity contribution in [3.8, 4) is 0 Å². The predicted molar refractivity (Wildman–Crippen MR) is 92.9 cm³/mol. The number of benzene rings is 1. The highest BCUT2D eigenvalue weighted by Crippen LogP contribution is 2.30. The van der Waals surface area contributed by atoms with Crippen molar-refractivity contribution in [1.29, 1.82) is 0 Å². The number of alkyl halides is 2. The zero-order valence-corrected chi connectivity index (χ0v) is 15.3. The van der Waals surface area contributed by atoms with E-state index in [1.54, 1.807) is 4.90 Å². The van der Waals surface area contributed by atoms with Crippen LogP contribution >= 0.6 is 15.9 Å². The van der Waals surface area contributed by atoms with E-state index in [9.17, 15) is 13.6 Å². The summed E-state index contributed by atoms with van der Waals surface area (Å²) in [6, 6.07) is 8.11. The lowest BCUT2D eigenvalue weighted by Crippen LogP contribution is -2.48. The molecule has 0 bridgehead atoms. The minimum Gasteiger partial charge on any atom is -0.342 e. The Bertz CT molecular complexity index is 586. The number of amides is 1. The zero-order valence-electron chi connectivity index (χ0n) is 13.7. The number of likely N-dealkylation sites (tertiary alicyclic amines) is 2. The zero-order chi connectivity index (χ0) is 17.2. The van der Waals surface area contributed by atoms with Crippen LogP contribution in [0.3, 0.4) is 0 Å². The molecule has 24 heavy (non-hydrogen) atoms. The van der Waals surface area contributed by atoms with E-state index in [1.165, 1.54) is 5.56 Å². The van der Waals surface area contributed by atoms with E-state index < -0.39 is 5.92 Å². The van der Waals surface area contributed by atoms with Gasteiger partial charge in [-0.25, -0.2) is 8.78 Å². The lowest BCUT2D eigenvalue weighted by atomic mass is 9.94. The molecule has 132 valence electrons. The number of piperidine rings is 2. The maximum atomic E-state index is 13.3. The Morgan fingerprint density at radius 2 is 1.92 bits per heavy atom. The van der Waals surface area contributed by atoms with Crippen molar-refractivity contribution >= 4 is 21.8 Å². The van der Waals surface area contributed by atoms with Gasteiger partial charge >= 0.3 is 0 Å². The van der Waals surface area contributed by atoms with Gasteiger partial charge in [-0.05, 0) is 31.0 Å². The number of rotatable bonds is 3. The topological polar surface area (TPSA) is 23.6 Å². The minimum atomic E-state index is -2.60. The van der Waals surface area contributed by atoms with E-state index in [4.69, 9.17) is 0 Å². The van der Waals surface area contributed by atoms with Crippen LogP contribution in [0, 0.1) is 5.92 Å². The third-order valence-electron chi connectivity index (χ3n) is 5.01. The standard InChI is InChI=1S/C18H23BrF2N2O/c19-16-6-2-1-4-14(16)12-22-9-3-5-15(13-22)17(24)23-10-7-18(20,21)8-11-23/h1-2,4,6,15H,3,5,7-13H2. The summed E-state index contributed by atoms with van der Waals surface area (Å²) in [5.74, 6) is -2.61. The minimum absolute atomic E-state index is 0.0577. The van der Waals surface area contributed by atoms with Crippen LogP contribution in [-0.4, -0.2) is 47.8 Å². The first-order valence-corrected chi connectivity index (χ1v) is 9.36. The summed E-state index contributed by atoms with van der Waals surface area (Å²) in [5, 5.41) is 0. The molecule has 2 fully saturated rings. The number of hydrogen-bond donors (Lipinski definition) is 0. The van der Waals surface area contributed by atoms with Crippen molar-refractivity contribution in [2.45, 2.75) is 38.2 Å². The van der Waals surface area contributed by atoms with Gasteiger partial charge in [0, 0.05) is 43.5 Å². The van der Waals surface area contributed by atoms with Gasteiger partial charge in [0.1, 0.15) is 0 Å². The van der Waals surface area contributed by atoms with E-state index in [0.29, 0.717) is 6.54 Å². The van der Waals surface area contributed by atoms with Gasteiger partial charge in [-0.3, -0.25) is 9.69 Å². The Morgan fingerprint density at radius 3 is 2.62 bits per heavy atom. The summed E-state index contributed by atoms with van der Waals surface area (Å²) in [6.07, 6.45) is 1.43. The maximum absolute atomic E-state index is 13.3. The number of halogens is 3. The smallest absolute Gasteiger partial charge is 0.251 e. The molecule has 0 spiro atoms. The fourth-order valence-corrected chi connectivity index (χ4v) is 3.99. The van der Waals surface area contributed by atoms with Crippen molar-refractivity contribution in [3.05, 3.63) is 34.3 Å². The summed E-state index contributed by atoms with van der Waals surface area (Å²) in [6.45, 7) is 2.87. The normalized spacial score (nSPS) is 24.8. The molecule has 2 heterocycles. The fraction of sp³-hybridized carbons (Fsp3) is 0.611. The Morgan fingerprint density at radius 1 is 1.21 bits per heavy atom. The summed E-state index contributed by atoms with van der Waals surface area (Å²) < 4.78 is 27.6. The molecular weight excluding hydrogens is 378 g/mol. The average molecular weight is 401 g/mol. The number of hydrogen-bond acceptors (Lipinski definition) is 2. The average Bonchev–Trinajstić information content (AvgIpc) is 2.57. The Kier molecular flexibility index (Phi) is 5.55. The molecular formula is C18H23BrF2N2O. The van der Waals surface area contributed by atoms with E-state index in [2.05, 4.69) is 26.9 Å². The lowest BCUT2D eigenvalue weighted by molar-refractivity contribution is -0.143. The molecule has 6 heteroatoms. The summed E-state index contributed by atoms with van der Waals surface area (Å²) in [7, 11) is 0. The molecule has 1 aromatic rings. The molecule has 1 atom stereocenters. The second-order valence-corrected chi connectivity index (χ2v) is 7.70. The Labute approximate surface area is 150 Å². The van der Waals surface area contributed by atoms with Gasteiger partial charge in [-0.15, -0.1) is 0 Å². The van der Waals surface area contributed by atoms with Gasteiger partial charge < -0.3 is 4.90 Å². The molecule has 2 aliphatic heterocycles. The Balaban J connectivity index is 1.57. The molecule has 1 amide bonds. The Hall–Kier alpha value is -1.01. The van der Waals surface area contributed by atoms with E-state index in [0.717, 1.165) is 30.4 Å². The van der Waals surface area contributed by atoms with Crippen molar-refractivity contribution in [2.24, 2.45) is 5.92 Å². The molecule has 2 saturated heterocycles. The molecule has 0 aromatic heterocycles.